The van der Waals surface area contributed by atoms with E-state index in [9.17, 15) is 18.0 Å². The number of aromatic nitrogens is 4. The molecule has 3 aromatic rings. The number of aryl methyl sites for hydroxylation is 2. The quantitative estimate of drug-likeness (QED) is 0.514. The van der Waals surface area contributed by atoms with Crippen LogP contribution in [-0.2, 0) is 16.4 Å². The molecular formula is C23H29ClN6O4S. The van der Waals surface area contributed by atoms with E-state index in [1.165, 1.54) is 33.3 Å². The predicted octanol–water partition coefficient (Wildman–Crippen LogP) is 2.98. The number of halogens is 1. The van der Waals surface area contributed by atoms with Crippen molar-refractivity contribution in [3.63, 3.8) is 0 Å². The van der Waals surface area contributed by atoms with Crippen molar-refractivity contribution in [1.82, 2.24) is 24.1 Å². The highest BCUT2D eigenvalue weighted by Crippen LogP contribution is 2.22. The van der Waals surface area contributed by atoms with Crippen molar-refractivity contribution in [2.24, 2.45) is 0 Å². The van der Waals surface area contributed by atoms with Crippen LogP contribution in [-0.4, -0.2) is 51.5 Å². The van der Waals surface area contributed by atoms with Crippen molar-refractivity contribution in [3.05, 3.63) is 63.2 Å². The zero-order chi connectivity index (χ0) is 24.5. The fourth-order valence-electron chi connectivity index (χ4n) is 4.08. The summed E-state index contributed by atoms with van der Waals surface area (Å²) in [6.07, 6.45) is 3.30. The first-order valence-corrected chi connectivity index (χ1v) is 12.7. The Labute approximate surface area is 210 Å². The van der Waals surface area contributed by atoms with Crippen LogP contribution < -0.4 is 10.9 Å². The molecule has 1 saturated heterocycles. The molecule has 1 fully saturated rings. The zero-order valence-electron chi connectivity index (χ0n) is 19.9. The summed E-state index contributed by atoms with van der Waals surface area (Å²) in [5.41, 5.74) is 1.86. The lowest BCUT2D eigenvalue weighted by Gasteiger charge is -2.25. The van der Waals surface area contributed by atoms with Gasteiger partial charge in [0.1, 0.15) is 5.82 Å². The van der Waals surface area contributed by atoms with Crippen LogP contribution in [0.15, 0.2) is 40.0 Å². The highest BCUT2D eigenvalue weighted by Gasteiger charge is 2.26. The molecule has 1 aliphatic heterocycles. The molecule has 1 aromatic carbocycles. The number of aromatic amines is 1. The smallest absolute Gasteiger partial charge is 0.256 e. The number of piperidine rings is 1. The van der Waals surface area contributed by atoms with Gasteiger partial charge in [-0.15, -0.1) is 12.4 Å². The van der Waals surface area contributed by atoms with Gasteiger partial charge in [-0.2, -0.15) is 14.1 Å². The van der Waals surface area contributed by atoms with Gasteiger partial charge in [0.2, 0.25) is 16.0 Å². The summed E-state index contributed by atoms with van der Waals surface area (Å²) in [5, 5.41) is 7.12. The SMILES string of the molecule is CCc1c(C)nc(-n2nc(C)cc2NC(=O)c2ccc(S(=O)(=O)N3CCCCC3)cc2)[nH]c1=O.Cl. The summed E-state index contributed by atoms with van der Waals surface area (Å²) >= 11 is 0. The second-order valence-electron chi connectivity index (χ2n) is 8.33. The molecule has 2 aromatic heterocycles. The number of H-pyrrole nitrogens is 1. The molecule has 3 heterocycles. The van der Waals surface area contributed by atoms with E-state index in [-0.39, 0.29) is 28.8 Å². The molecule has 0 spiro atoms. The van der Waals surface area contributed by atoms with Crippen LogP contribution in [0.5, 0.6) is 0 Å². The van der Waals surface area contributed by atoms with Crippen LogP contribution >= 0.6 is 12.4 Å². The fraction of sp³-hybridized carbons (Fsp3) is 0.391. The van der Waals surface area contributed by atoms with E-state index in [1.807, 2.05) is 6.92 Å². The number of hydrogen-bond acceptors (Lipinski definition) is 6. The molecule has 0 radical (unpaired) electrons. The maximum atomic E-state index is 12.9. The number of rotatable bonds is 6. The Balaban J connectivity index is 0.00000342. The molecule has 35 heavy (non-hydrogen) atoms. The van der Waals surface area contributed by atoms with Gasteiger partial charge in [-0.25, -0.2) is 13.4 Å². The molecular weight excluding hydrogens is 492 g/mol. The number of benzene rings is 1. The first-order valence-electron chi connectivity index (χ1n) is 11.3. The number of carbonyl (C=O) groups excluding carboxylic acids is 1. The van der Waals surface area contributed by atoms with Crippen molar-refractivity contribution in [2.45, 2.75) is 51.3 Å². The molecule has 0 unspecified atom stereocenters. The molecule has 12 heteroatoms. The van der Waals surface area contributed by atoms with Crippen molar-refractivity contribution < 1.29 is 13.2 Å². The number of nitrogens with one attached hydrogen (secondary N) is 2. The van der Waals surface area contributed by atoms with Crippen LogP contribution in [0.1, 0.15) is 53.5 Å². The first kappa shape index (κ1) is 26.6. The largest absolute Gasteiger partial charge is 0.306 e. The van der Waals surface area contributed by atoms with E-state index in [1.54, 1.807) is 19.9 Å². The van der Waals surface area contributed by atoms with E-state index >= 15 is 0 Å². The number of anilines is 1. The Kier molecular flexibility index (Phi) is 8.14. The van der Waals surface area contributed by atoms with Crippen molar-refractivity contribution >= 4 is 34.2 Å². The minimum Gasteiger partial charge on any atom is -0.306 e. The van der Waals surface area contributed by atoms with Gasteiger partial charge in [-0.3, -0.25) is 14.6 Å². The molecule has 1 amide bonds. The maximum Gasteiger partial charge on any atom is 0.256 e. The zero-order valence-corrected chi connectivity index (χ0v) is 21.5. The lowest BCUT2D eigenvalue weighted by atomic mass is 10.2. The van der Waals surface area contributed by atoms with Crippen molar-refractivity contribution in [3.8, 4) is 5.95 Å². The Morgan fingerprint density at radius 2 is 1.77 bits per heavy atom. The van der Waals surface area contributed by atoms with Gasteiger partial charge in [0, 0.05) is 36.0 Å². The van der Waals surface area contributed by atoms with Crippen molar-refractivity contribution in [2.75, 3.05) is 18.4 Å². The van der Waals surface area contributed by atoms with Crippen LogP contribution in [0.25, 0.3) is 5.95 Å². The molecule has 4 rings (SSSR count). The number of nitrogens with zero attached hydrogens (tertiary/aromatic N) is 4. The molecule has 0 aliphatic carbocycles. The summed E-state index contributed by atoms with van der Waals surface area (Å²) < 4.78 is 28.5. The Morgan fingerprint density at radius 1 is 1.11 bits per heavy atom. The topological polar surface area (TPSA) is 130 Å². The second kappa shape index (κ2) is 10.7. The Morgan fingerprint density at radius 3 is 2.37 bits per heavy atom. The van der Waals surface area contributed by atoms with E-state index in [4.69, 9.17) is 0 Å². The summed E-state index contributed by atoms with van der Waals surface area (Å²) in [6, 6.07) is 7.54. The third-order valence-electron chi connectivity index (χ3n) is 5.91. The monoisotopic (exact) mass is 520 g/mol. The van der Waals surface area contributed by atoms with Crippen LogP contribution in [0.3, 0.4) is 0 Å². The fourth-order valence-corrected chi connectivity index (χ4v) is 5.60. The summed E-state index contributed by atoms with van der Waals surface area (Å²) in [7, 11) is -3.57. The predicted molar refractivity (Wildman–Crippen MR) is 135 cm³/mol. The number of hydrogen-bond donors (Lipinski definition) is 2. The van der Waals surface area contributed by atoms with E-state index in [0.29, 0.717) is 47.8 Å². The highest BCUT2D eigenvalue weighted by atomic mass is 35.5. The minimum absolute atomic E-state index is 0. The Bertz CT molecular complexity index is 1380. The van der Waals surface area contributed by atoms with E-state index in [0.717, 1.165) is 19.3 Å². The maximum absolute atomic E-state index is 12.9. The molecule has 10 nitrogen and oxygen atoms in total. The highest BCUT2D eigenvalue weighted by molar-refractivity contribution is 7.89. The van der Waals surface area contributed by atoms with Gasteiger partial charge >= 0.3 is 0 Å². The van der Waals surface area contributed by atoms with E-state index < -0.39 is 15.9 Å². The molecule has 1 aliphatic rings. The third kappa shape index (κ3) is 5.47. The first-order chi connectivity index (χ1) is 16.2. The Hall–Kier alpha value is -3.02. The average molecular weight is 521 g/mol. The van der Waals surface area contributed by atoms with E-state index in [2.05, 4.69) is 20.4 Å². The van der Waals surface area contributed by atoms with Gasteiger partial charge in [0.25, 0.3) is 11.5 Å². The number of carbonyl (C=O) groups is 1. The van der Waals surface area contributed by atoms with Gasteiger partial charge in [-0.1, -0.05) is 13.3 Å². The molecule has 0 bridgehead atoms. The normalized spacial score (nSPS) is 14.4. The van der Waals surface area contributed by atoms with Crippen LogP contribution in [0.4, 0.5) is 5.82 Å². The standard InChI is InChI=1S/C23H28N6O4S.ClH/c1-4-19-16(3)24-23(26-22(19)31)29-20(14-15(2)27-29)25-21(30)17-8-10-18(11-9-17)34(32,33)28-12-6-5-7-13-28;/h8-11,14H,4-7,12-13H2,1-3H3,(H,25,30)(H,24,26,31);1H. The molecule has 2 N–H and O–H groups in total. The summed E-state index contributed by atoms with van der Waals surface area (Å²) in [6.45, 7) is 6.43. The minimum atomic E-state index is -3.57. The molecule has 0 atom stereocenters. The van der Waals surface area contributed by atoms with Crippen LogP contribution in [0, 0.1) is 13.8 Å². The number of amides is 1. The van der Waals surface area contributed by atoms with Gasteiger partial charge in [-0.05, 0) is 57.4 Å². The number of sulfonamides is 1. The third-order valence-corrected chi connectivity index (χ3v) is 7.82. The summed E-state index contributed by atoms with van der Waals surface area (Å²) in [5.74, 6) is 0.0951. The van der Waals surface area contributed by atoms with Gasteiger partial charge in [0.05, 0.1) is 10.6 Å². The molecule has 0 saturated carbocycles. The lowest BCUT2D eigenvalue weighted by molar-refractivity contribution is 0.102. The van der Waals surface area contributed by atoms with Gasteiger partial charge in [0.15, 0.2) is 0 Å². The average Bonchev–Trinajstić information content (AvgIpc) is 3.19. The van der Waals surface area contributed by atoms with Gasteiger partial charge < -0.3 is 5.32 Å². The van der Waals surface area contributed by atoms with Crippen molar-refractivity contribution in [1.29, 1.82) is 0 Å². The van der Waals surface area contributed by atoms with Crippen LogP contribution in [0.2, 0.25) is 0 Å². The second-order valence-corrected chi connectivity index (χ2v) is 10.3. The lowest BCUT2D eigenvalue weighted by Crippen LogP contribution is -2.35. The molecule has 188 valence electrons. The summed E-state index contributed by atoms with van der Waals surface area (Å²) in [4.78, 5) is 32.6.